The maximum Gasteiger partial charge on any atom is 0.573 e. The van der Waals surface area contributed by atoms with Gasteiger partial charge in [-0.2, -0.15) is 14.9 Å². The predicted molar refractivity (Wildman–Crippen MR) is 107 cm³/mol. The molecule has 1 saturated heterocycles. The molecule has 4 rings (SSSR count). The lowest BCUT2D eigenvalue weighted by Gasteiger charge is -2.20. The lowest BCUT2D eigenvalue weighted by molar-refractivity contribution is -0.274. The van der Waals surface area contributed by atoms with Crippen molar-refractivity contribution in [3.63, 3.8) is 0 Å². The molecule has 1 unspecified atom stereocenters. The van der Waals surface area contributed by atoms with E-state index in [1.165, 1.54) is 35.3 Å². The first-order valence-electron chi connectivity index (χ1n) is 9.80. The van der Waals surface area contributed by atoms with Gasteiger partial charge in [0, 0.05) is 12.6 Å². The Kier molecular flexibility index (Phi) is 6.21. The number of hydrogen-bond acceptors (Lipinski definition) is 8. The van der Waals surface area contributed by atoms with E-state index in [1.807, 2.05) is 0 Å². The number of ether oxygens (including phenoxy) is 2. The zero-order chi connectivity index (χ0) is 23.8. The number of hydrogen-bond donors (Lipinski definition) is 3. The monoisotopic (exact) mass is 467 g/mol. The Morgan fingerprint density at radius 2 is 2.00 bits per heavy atom. The first kappa shape index (κ1) is 22.9. The molecule has 1 fully saturated rings. The van der Waals surface area contributed by atoms with E-state index >= 15 is 0 Å². The Morgan fingerprint density at radius 3 is 2.58 bits per heavy atom. The van der Waals surface area contributed by atoms with Gasteiger partial charge in [-0.15, -0.1) is 13.2 Å². The quantitative estimate of drug-likeness (QED) is 0.457. The minimum atomic E-state index is -4.83. The van der Waals surface area contributed by atoms with Crippen LogP contribution in [0.4, 0.5) is 13.2 Å². The normalized spacial score (nSPS) is 19.6. The molecule has 10 nitrogen and oxygen atoms in total. The number of nitrogens with one attached hydrogen (secondary N) is 1. The van der Waals surface area contributed by atoms with E-state index < -0.39 is 36.0 Å². The molecule has 1 aromatic carbocycles. The topological polar surface area (TPSA) is 124 Å². The molecule has 1 aliphatic rings. The summed E-state index contributed by atoms with van der Waals surface area (Å²) in [6, 6.07) is 5.66. The number of aryl methyl sites for hydroxylation is 1. The highest BCUT2D eigenvalue weighted by atomic mass is 19.4. The van der Waals surface area contributed by atoms with Gasteiger partial charge in [0.2, 0.25) is 0 Å². The van der Waals surface area contributed by atoms with Crippen molar-refractivity contribution in [2.45, 2.75) is 24.7 Å². The number of aliphatic hydroxyl groups excluding tert-OH is 2. The van der Waals surface area contributed by atoms with Crippen LogP contribution < -0.4 is 15.6 Å². The highest BCUT2D eigenvalue weighted by Gasteiger charge is 2.31. The van der Waals surface area contributed by atoms with E-state index in [4.69, 9.17) is 4.74 Å². The largest absolute Gasteiger partial charge is 0.573 e. The Labute approximate surface area is 184 Å². The Hall–Kier alpha value is -3.26. The van der Waals surface area contributed by atoms with Gasteiger partial charge in [0.25, 0.3) is 5.56 Å². The van der Waals surface area contributed by atoms with Gasteiger partial charge in [-0.05, 0) is 30.3 Å². The number of nitrogens with zero attached hydrogens (tertiary/aromatic N) is 4. The Morgan fingerprint density at radius 1 is 1.27 bits per heavy atom. The van der Waals surface area contributed by atoms with Gasteiger partial charge in [-0.1, -0.05) is 0 Å². The van der Waals surface area contributed by atoms with Crippen LogP contribution in [0.3, 0.4) is 0 Å². The van der Waals surface area contributed by atoms with Crippen molar-refractivity contribution in [2.75, 3.05) is 13.2 Å². The van der Waals surface area contributed by atoms with E-state index in [2.05, 4.69) is 20.3 Å². The number of aliphatic hydroxyl groups is 2. The molecule has 0 spiro atoms. The third-order valence-electron chi connectivity index (χ3n) is 4.98. The standard InChI is InChI=1S/C20H20F3N5O5/c1-27-8-12(7-24-27)28-19(31)14(18(30)25-16-9-32-10-17(16)29)6-15(26-28)11-2-4-13(5-3-11)33-20(21,22)23/h2-8,16-18,25,29-30H,9-10H2,1H3/t16-,17-,18?/m1/s1. The maximum atomic E-state index is 13.1. The van der Waals surface area contributed by atoms with Crippen LogP contribution >= 0.6 is 0 Å². The molecule has 176 valence electrons. The van der Waals surface area contributed by atoms with Gasteiger partial charge in [-0.25, -0.2) is 0 Å². The van der Waals surface area contributed by atoms with E-state index in [9.17, 15) is 28.2 Å². The van der Waals surface area contributed by atoms with Crippen molar-refractivity contribution >= 4 is 0 Å². The summed E-state index contributed by atoms with van der Waals surface area (Å²) in [6.45, 7) is 0.242. The Balaban J connectivity index is 1.73. The number of benzene rings is 1. The fourth-order valence-corrected chi connectivity index (χ4v) is 3.37. The third-order valence-corrected chi connectivity index (χ3v) is 4.98. The second-order valence-corrected chi connectivity index (χ2v) is 7.43. The molecule has 0 saturated carbocycles. The number of aromatic nitrogens is 4. The van der Waals surface area contributed by atoms with Crippen LogP contribution in [0, 0.1) is 0 Å². The number of rotatable bonds is 6. The molecule has 3 atom stereocenters. The summed E-state index contributed by atoms with van der Waals surface area (Å²) >= 11 is 0. The van der Waals surface area contributed by atoms with Crippen LogP contribution in [0.2, 0.25) is 0 Å². The van der Waals surface area contributed by atoms with Gasteiger partial charge in [0.15, 0.2) is 0 Å². The van der Waals surface area contributed by atoms with E-state index in [-0.39, 0.29) is 24.5 Å². The van der Waals surface area contributed by atoms with Crippen molar-refractivity contribution in [3.8, 4) is 22.7 Å². The van der Waals surface area contributed by atoms with Crippen molar-refractivity contribution in [1.82, 2.24) is 24.9 Å². The number of alkyl halides is 3. The van der Waals surface area contributed by atoms with Crippen LogP contribution in [0.5, 0.6) is 5.75 Å². The lowest BCUT2D eigenvalue weighted by Crippen LogP contribution is -2.43. The van der Waals surface area contributed by atoms with Crippen LogP contribution in [0.25, 0.3) is 16.9 Å². The summed E-state index contributed by atoms with van der Waals surface area (Å²) < 4.78 is 48.9. The van der Waals surface area contributed by atoms with Crippen molar-refractivity contribution in [2.24, 2.45) is 7.05 Å². The molecule has 2 aromatic heterocycles. The summed E-state index contributed by atoms with van der Waals surface area (Å²) in [6.07, 6.45) is -4.23. The highest BCUT2D eigenvalue weighted by Crippen LogP contribution is 2.26. The molecule has 33 heavy (non-hydrogen) atoms. The molecule has 0 amide bonds. The minimum Gasteiger partial charge on any atom is -0.406 e. The van der Waals surface area contributed by atoms with E-state index in [1.54, 1.807) is 7.05 Å². The molecule has 13 heteroatoms. The van der Waals surface area contributed by atoms with Gasteiger partial charge >= 0.3 is 6.36 Å². The second kappa shape index (κ2) is 8.94. The predicted octanol–water partition coefficient (Wildman–Crippen LogP) is 0.872. The summed E-state index contributed by atoms with van der Waals surface area (Å²) in [5.41, 5.74) is 0.172. The molecule has 3 N–H and O–H groups in total. The van der Waals surface area contributed by atoms with Crippen LogP contribution in [-0.4, -0.2) is 61.5 Å². The van der Waals surface area contributed by atoms with Crippen molar-refractivity contribution in [1.29, 1.82) is 0 Å². The average Bonchev–Trinajstić information content (AvgIpc) is 3.35. The first-order valence-corrected chi connectivity index (χ1v) is 9.80. The Bertz CT molecular complexity index is 1180. The van der Waals surface area contributed by atoms with Gasteiger partial charge in [-0.3, -0.25) is 14.8 Å². The second-order valence-electron chi connectivity index (χ2n) is 7.43. The number of halogens is 3. The van der Waals surface area contributed by atoms with Crippen molar-refractivity contribution in [3.05, 3.63) is 58.6 Å². The SMILES string of the molecule is Cn1cc(-n2nc(-c3ccc(OC(F)(F)F)cc3)cc(C(O)N[C@@H]3COC[C@H]3O)c2=O)cn1. The lowest BCUT2D eigenvalue weighted by atomic mass is 10.1. The molecule has 1 aliphatic heterocycles. The molecule has 0 radical (unpaired) electrons. The van der Waals surface area contributed by atoms with Crippen molar-refractivity contribution < 1.29 is 32.9 Å². The maximum absolute atomic E-state index is 13.1. The van der Waals surface area contributed by atoms with E-state index in [0.717, 1.165) is 16.8 Å². The molecule has 3 heterocycles. The molecule has 0 aliphatic carbocycles. The first-order chi connectivity index (χ1) is 15.6. The van der Waals surface area contributed by atoms with Gasteiger partial charge < -0.3 is 19.7 Å². The van der Waals surface area contributed by atoms with Crippen LogP contribution in [0.1, 0.15) is 11.8 Å². The summed E-state index contributed by atoms with van der Waals surface area (Å²) in [4.78, 5) is 13.1. The van der Waals surface area contributed by atoms with Crippen LogP contribution in [-0.2, 0) is 11.8 Å². The van der Waals surface area contributed by atoms with Gasteiger partial charge in [0.1, 0.15) is 17.7 Å². The molecule has 3 aromatic rings. The highest BCUT2D eigenvalue weighted by molar-refractivity contribution is 5.60. The fourth-order valence-electron chi connectivity index (χ4n) is 3.37. The minimum absolute atomic E-state index is 0.0847. The fraction of sp³-hybridized carbons (Fsp3) is 0.350. The van der Waals surface area contributed by atoms with E-state index in [0.29, 0.717) is 11.3 Å². The molecular weight excluding hydrogens is 447 g/mol. The average molecular weight is 467 g/mol. The zero-order valence-corrected chi connectivity index (χ0v) is 17.2. The summed E-state index contributed by atoms with van der Waals surface area (Å²) in [7, 11) is 1.65. The zero-order valence-electron chi connectivity index (χ0n) is 17.2. The smallest absolute Gasteiger partial charge is 0.406 e. The van der Waals surface area contributed by atoms with Gasteiger partial charge in [0.05, 0.1) is 49.0 Å². The molecule has 0 bridgehead atoms. The van der Waals surface area contributed by atoms with Crippen LogP contribution in [0.15, 0.2) is 47.5 Å². The summed E-state index contributed by atoms with van der Waals surface area (Å²) in [5.74, 6) is -0.413. The summed E-state index contributed by atoms with van der Waals surface area (Å²) in [5, 5.41) is 31.7. The molecular formula is C20H20F3N5O5. The third kappa shape index (κ3) is 5.22.